The minimum absolute atomic E-state index is 0.124. The van der Waals surface area contributed by atoms with E-state index in [1.807, 2.05) is 6.07 Å². The molecule has 0 aliphatic rings. The Bertz CT molecular complexity index is 444. The molecule has 1 aromatic rings. The zero-order valence-corrected chi connectivity index (χ0v) is 15.2. The van der Waals surface area contributed by atoms with Gasteiger partial charge in [-0.05, 0) is 18.1 Å². The van der Waals surface area contributed by atoms with Crippen LogP contribution in [0.3, 0.4) is 0 Å². The molecular formula is C17H29NO2Si. The van der Waals surface area contributed by atoms with Gasteiger partial charge in [-0.25, -0.2) is 9.78 Å². The van der Waals surface area contributed by atoms with Crippen LogP contribution in [0.5, 0.6) is 0 Å². The number of carboxylic acid groups (broad SMARTS) is 1. The van der Waals surface area contributed by atoms with Crippen LogP contribution in [-0.2, 0) is 6.42 Å². The zero-order valence-electron chi connectivity index (χ0n) is 14.2. The van der Waals surface area contributed by atoms with Gasteiger partial charge in [0.05, 0.1) is 8.07 Å². The SMILES string of the molecule is CC(C)[Si](CCc1ccc(C(=O)O)nc1)(C(C)C)C(C)C. The molecule has 0 amide bonds. The van der Waals surface area contributed by atoms with Crippen molar-refractivity contribution in [2.45, 2.75) is 70.6 Å². The van der Waals surface area contributed by atoms with Crippen LogP contribution in [0.2, 0.25) is 22.7 Å². The first-order chi connectivity index (χ1) is 9.71. The number of aryl methyl sites for hydroxylation is 1. The number of rotatable bonds is 7. The van der Waals surface area contributed by atoms with Gasteiger partial charge in [-0.15, -0.1) is 0 Å². The van der Waals surface area contributed by atoms with Crippen molar-refractivity contribution in [3.05, 3.63) is 29.6 Å². The molecule has 4 heteroatoms. The van der Waals surface area contributed by atoms with E-state index in [1.54, 1.807) is 12.3 Å². The second-order valence-corrected chi connectivity index (χ2v) is 13.1. The molecule has 0 bridgehead atoms. The van der Waals surface area contributed by atoms with Gasteiger partial charge in [0, 0.05) is 6.20 Å². The molecule has 0 atom stereocenters. The van der Waals surface area contributed by atoms with E-state index in [0.29, 0.717) is 0 Å². The summed E-state index contributed by atoms with van der Waals surface area (Å²) < 4.78 is 0. The Kier molecular flexibility index (Phi) is 6.14. The minimum atomic E-state index is -1.39. The lowest BCUT2D eigenvalue weighted by atomic mass is 10.2. The molecule has 0 fully saturated rings. The number of carboxylic acids is 1. The first-order valence-corrected chi connectivity index (χ1v) is 10.3. The fourth-order valence-corrected chi connectivity index (χ4v) is 10.4. The molecule has 118 valence electrons. The van der Waals surface area contributed by atoms with Gasteiger partial charge in [-0.1, -0.05) is 70.3 Å². The molecule has 0 unspecified atom stereocenters. The average Bonchev–Trinajstić information content (AvgIpc) is 2.38. The fraction of sp³-hybridized carbons (Fsp3) is 0.647. The van der Waals surface area contributed by atoms with Crippen LogP contribution in [0.1, 0.15) is 57.6 Å². The number of nitrogens with zero attached hydrogens (tertiary/aromatic N) is 1. The van der Waals surface area contributed by atoms with E-state index in [0.717, 1.165) is 28.6 Å². The lowest BCUT2D eigenvalue weighted by Crippen LogP contribution is -2.44. The zero-order chi connectivity index (χ0) is 16.2. The van der Waals surface area contributed by atoms with Gasteiger partial charge in [0.1, 0.15) is 5.69 Å². The maximum absolute atomic E-state index is 10.8. The largest absolute Gasteiger partial charge is 0.477 e. The van der Waals surface area contributed by atoms with Crippen LogP contribution in [0, 0.1) is 0 Å². The van der Waals surface area contributed by atoms with Crippen molar-refractivity contribution in [3.8, 4) is 0 Å². The molecule has 3 nitrogen and oxygen atoms in total. The maximum atomic E-state index is 10.8. The Morgan fingerprint density at radius 1 is 1.10 bits per heavy atom. The predicted octanol–water partition coefficient (Wildman–Crippen LogP) is 5.00. The van der Waals surface area contributed by atoms with Gasteiger partial charge >= 0.3 is 5.97 Å². The molecule has 1 aromatic heterocycles. The highest BCUT2D eigenvalue weighted by Crippen LogP contribution is 2.44. The third-order valence-corrected chi connectivity index (χ3v) is 12.7. The van der Waals surface area contributed by atoms with E-state index >= 15 is 0 Å². The maximum Gasteiger partial charge on any atom is 0.354 e. The standard InChI is InChI=1S/C17H29NO2Si/c1-12(2)21(13(3)4,14(5)6)10-9-15-7-8-16(17(19)20)18-11-15/h7-8,11-14H,9-10H2,1-6H3,(H,19,20). The number of aromatic nitrogens is 1. The molecule has 0 aliphatic heterocycles. The van der Waals surface area contributed by atoms with Crippen LogP contribution in [0.25, 0.3) is 0 Å². The van der Waals surface area contributed by atoms with Crippen LogP contribution >= 0.6 is 0 Å². The third kappa shape index (κ3) is 3.94. The number of carbonyl (C=O) groups is 1. The Balaban J connectivity index is 2.89. The first-order valence-electron chi connectivity index (χ1n) is 7.90. The lowest BCUT2D eigenvalue weighted by Gasteiger charge is -2.43. The van der Waals surface area contributed by atoms with Crippen molar-refractivity contribution in [1.82, 2.24) is 4.98 Å². The number of aromatic carboxylic acids is 1. The predicted molar refractivity (Wildman–Crippen MR) is 90.8 cm³/mol. The molecule has 0 spiro atoms. The summed E-state index contributed by atoms with van der Waals surface area (Å²) in [6, 6.07) is 4.77. The first kappa shape index (κ1) is 17.9. The van der Waals surface area contributed by atoms with E-state index in [4.69, 9.17) is 5.11 Å². The fourth-order valence-electron chi connectivity index (χ4n) is 3.93. The number of hydrogen-bond donors (Lipinski definition) is 1. The smallest absolute Gasteiger partial charge is 0.354 e. The van der Waals surface area contributed by atoms with E-state index in [9.17, 15) is 4.79 Å². The second-order valence-electron chi connectivity index (χ2n) is 6.93. The van der Waals surface area contributed by atoms with E-state index in [2.05, 4.69) is 46.5 Å². The highest BCUT2D eigenvalue weighted by molar-refractivity contribution is 6.83. The Morgan fingerprint density at radius 3 is 1.95 bits per heavy atom. The molecule has 0 saturated heterocycles. The molecule has 0 radical (unpaired) electrons. The van der Waals surface area contributed by atoms with Crippen LogP contribution in [-0.4, -0.2) is 24.1 Å². The van der Waals surface area contributed by atoms with E-state index in [-0.39, 0.29) is 5.69 Å². The Morgan fingerprint density at radius 2 is 1.62 bits per heavy atom. The molecule has 1 heterocycles. The van der Waals surface area contributed by atoms with Gasteiger partial charge in [0.2, 0.25) is 0 Å². The highest BCUT2D eigenvalue weighted by atomic mass is 28.3. The molecule has 0 aliphatic carbocycles. The van der Waals surface area contributed by atoms with Gasteiger partial charge in [-0.2, -0.15) is 0 Å². The summed E-state index contributed by atoms with van der Waals surface area (Å²) in [5, 5.41) is 8.90. The molecule has 1 rings (SSSR count). The summed E-state index contributed by atoms with van der Waals surface area (Å²) >= 11 is 0. The molecule has 0 saturated carbocycles. The van der Waals surface area contributed by atoms with Crippen molar-refractivity contribution in [3.63, 3.8) is 0 Å². The van der Waals surface area contributed by atoms with Crippen LogP contribution < -0.4 is 0 Å². The van der Waals surface area contributed by atoms with Crippen molar-refractivity contribution in [2.75, 3.05) is 0 Å². The normalized spacial score (nSPS) is 12.4. The van der Waals surface area contributed by atoms with Crippen molar-refractivity contribution >= 4 is 14.0 Å². The summed E-state index contributed by atoms with van der Waals surface area (Å²) in [6.45, 7) is 14.2. The molecule has 0 aromatic carbocycles. The monoisotopic (exact) mass is 307 g/mol. The summed E-state index contributed by atoms with van der Waals surface area (Å²) in [4.78, 5) is 14.9. The van der Waals surface area contributed by atoms with Crippen molar-refractivity contribution in [2.24, 2.45) is 0 Å². The summed E-state index contributed by atoms with van der Waals surface area (Å²) in [6.07, 6.45) is 2.73. The van der Waals surface area contributed by atoms with Crippen LogP contribution in [0.4, 0.5) is 0 Å². The van der Waals surface area contributed by atoms with Gasteiger partial charge in [-0.3, -0.25) is 0 Å². The average molecular weight is 308 g/mol. The molecule has 1 N–H and O–H groups in total. The Hall–Kier alpha value is -1.16. The highest BCUT2D eigenvalue weighted by Gasteiger charge is 2.41. The van der Waals surface area contributed by atoms with Crippen molar-refractivity contribution < 1.29 is 9.90 Å². The molecular weight excluding hydrogens is 278 g/mol. The quantitative estimate of drug-likeness (QED) is 0.721. The molecule has 21 heavy (non-hydrogen) atoms. The number of pyridine rings is 1. The van der Waals surface area contributed by atoms with Crippen molar-refractivity contribution in [1.29, 1.82) is 0 Å². The topological polar surface area (TPSA) is 50.2 Å². The van der Waals surface area contributed by atoms with Crippen LogP contribution in [0.15, 0.2) is 18.3 Å². The lowest BCUT2D eigenvalue weighted by molar-refractivity contribution is 0.0690. The van der Waals surface area contributed by atoms with Gasteiger partial charge < -0.3 is 5.11 Å². The minimum Gasteiger partial charge on any atom is -0.477 e. The van der Waals surface area contributed by atoms with E-state index < -0.39 is 14.0 Å². The number of hydrogen-bond acceptors (Lipinski definition) is 2. The van der Waals surface area contributed by atoms with Gasteiger partial charge in [0.25, 0.3) is 0 Å². The van der Waals surface area contributed by atoms with Gasteiger partial charge in [0.15, 0.2) is 0 Å². The summed E-state index contributed by atoms with van der Waals surface area (Å²) in [7, 11) is -1.39. The summed E-state index contributed by atoms with van der Waals surface area (Å²) in [5.41, 5.74) is 3.54. The second kappa shape index (κ2) is 7.21. The van der Waals surface area contributed by atoms with E-state index in [1.165, 1.54) is 6.04 Å². The third-order valence-electron chi connectivity index (χ3n) is 5.12. The summed E-state index contributed by atoms with van der Waals surface area (Å²) in [5.74, 6) is -0.961. The Labute approximate surface area is 129 Å².